The number of hydrogen-bond donors (Lipinski definition) is 3. The van der Waals surface area contributed by atoms with Gasteiger partial charge in [0.25, 0.3) is 5.91 Å². The molecule has 1 aromatic heterocycles. The summed E-state index contributed by atoms with van der Waals surface area (Å²) in [5.41, 5.74) is 2.52. The first kappa shape index (κ1) is 25.7. The van der Waals surface area contributed by atoms with Gasteiger partial charge in [-0.25, -0.2) is 4.98 Å². The van der Waals surface area contributed by atoms with E-state index in [-0.39, 0.29) is 5.91 Å². The third-order valence-electron chi connectivity index (χ3n) is 8.92. The van der Waals surface area contributed by atoms with Gasteiger partial charge in [-0.15, -0.1) is 0 Å². The van der Waals surface area contributed by atoms with Gasteiger partial charge in [0, 0.05) is 26.9 Å². The predicted octanol–water partition coefficient (Wildman–Crippen LogP) is 6.24. The monoisotopic (exact) mass is 584 g/mol. The van der Waals surface area contributed by atoms with E-state index in [4.69, 9.17) is 4.98 Å². The molecule has 3 fully saturated rings. The summed E-state index contributed by atoms with van der Waals surface area (Å²) in [6.45, 7) is 1.92. The molecular formula is C32H29BrN2O4. The van der Waals surface area contributed by atoms with Gasteiger partial charge in [0.1, 0.15) is 0 Å². The number of nitrogens with zero attached hydrogens (tertiary/aromatic N) is 1. The molecule has 39 heavy (non-hydrogen) atoms. The largest absolute Gasteiger partial charge is 0.481 e. The molecule has 4 aromatic rings. The number of rotatable bonds is 5. The Morgan fingerprint density at radius 2 is 1.59 bits per heavy atom. The van der Waals surface area contributed by atoms with Gasteiger partial charge in [-0.05, 0) is 61.9 Å². The van der Waals surface area contributed by atoms with Gasteiger partial charge < -0.3 is 15.5 Å². The number of aromatic nitrogens is 1. The molecule has 3 aliphatic carbocycles. The van der Waals surface area contributed by atoms with Crippen molar-refractivity contribution < 1.29 is 19.8 Å². The molecule has 2 unspecified atom stereocenters. The highest BCUT2D eigenvalue weighted by Gasteiger charge is 2.64. The number of aliphatic hydroxyl groups excluding tert-OH is 1. The van der Waals surface area contributed by atoms with Crippen LogP contribution in [0.5, 0.6) is 0 Å². The molecule has 198 valence electrons. The Hall–Kier alpha value is -3.55. The van der Waals surface area contributed by atoms with E-state index in [1.807, 2.05) is 85.8 Å². The standard InChI is InChI=1S/C32H29BrN2O4/c1-19-25(23-18-22(33)12-13-24(23)34-27(19)21-10-6-3-7-11-21)29(37)35-32-16-14-31(15-17-32,30(38)39)28(36)26(32)20-8-4-2-5-9-20/h2-13,18,26,28,36H,14-17H2,1H3,(H,35,37)(H,38,39). The number of aliphatic carboxylic acids is 1. The Labute approximate surface area is 235 Å². The second kappa shape index (κ2) is 9.57. The Kier molecular flexibility index (Phi) is 6.31. The van der Waals surface area contributed by atoms with Crippen molar-refractivity contribution in [3.63, 3.8) is 0 Å². The summed E-state index contributed by atoms with van der Waals surface area (Å²) in [5.74, 6) is -1.76. The minimum Gasteiger partial charge on any atom is -0.481 e. The van der Waals surface area contributed by atoms with Crippen LogP contribution >= 0.6 is 15.9 Å². The first-order valence-electron chi connectivity index (χ1n) is 13.2. The number of aliphatic hydroxyl groups is 1. The fourth-order valence-corrected chi connectivity index (χ4v) is 7.23. The van der Waals surface area contributed by atoms with Crippen molar-refractivity contribution in [2.45, 2.75) is 50.2 Å². The molecule has 2 atom stereocenters. The van der Waals surface area contributed by atoms with E-state index < -0.39 is 28.9 Å². The smallest absolute Gasteiger partial charge is 0.312 e. The second-order valence-corrected chi connectivity index (χ2v) is 11.8. The van der Waals surface area contributed by atoms with E-state index in [1.165, 1.54) is 0 Å². The van der Waals surface area contributed by atoms with E-state index >= 15 is 0 Å². The predicted molar refractivity (Wildman–Crippen MR) is 154 cm³/mol. The van der Waals surface area contributed by atoms with Crippen molar-refractivity contribution in [2.24, 2.45) is 5.41 Å². The van der Waals surface area contributed by atoms with Crippen LogP contribution in [-0.4, -0.2) is 38.7 Å². The van der Waals surface area contributed by atoms with Crippen molar-refractivity contribution in [2.75, 3.05) is 0 Å². The van der Waals surface area contributed by atoms with E-state index in [1.54, 1.807) is 0 Å². The number of amides is 1. The number of hydrogen-bond acceptors (Lipinski definition) is 4. The Balaban J connectivity index is 1.49. The van der Waals surface area contributed by atoms with Gasteiger partial charge >= 0.3 is 5.97 Å². The van der Waals surface area contributed by atoms with Crippen LogP contribution in [0, 0.1) is 12.3 Å². The number of benzene rings is 3. The topological polar surface area (TPSA) is 99.5 Å². The summed E-state index contributed by atoms with van der Waals surface area (Å²) in [6.07, 6.45) is 0.441. The zero-order valence-corrected chi connectivity index (χ0v) is 23.1. The number of carbonyl (C=O) groups excluding carboxylic acids is 1. The van der Waals surface area contributed by atoms with Gasteiger partial charge in [-0.1, -0.05) is 76.6 Å². The maximum atomic E-state index is 14.4. The molecule has 1 heterocycles. The Bertz CT molecular complexity index is 1580. The fourth-order valence-electron chi connectivity index (χ4n) is 6.86. The van der Waals surface area contributed by atoms with E-state index in [0.717, 1.165) is 32.2 Å². The second-order valence-electron chi connectivity index (χ2n) is 10.9. The Morgan fingerprint density at radius 1 is 0.949 bits per heavy atom. The zero-order chi connectivity index (χ0) is 27.4. The summed E-state index contributed by atoms with van der Waals surface area (Å²) in [5, 5.41) is 25.8. The van der Waals surface area contributed by atoms with Crippen molar-refractivity contribution in [3.05, 3.63) is 100 Å². The molecular weight excluding hydrogens is 556 g/mol. The molecule has 3 aliphatic rings. The molecule has 0 radical (unpaired) electrons. The third-order valence-corrected chi connectivity index (χ3v) is 9.42. The van der Waals surface area contributed by atoms with Gasteiger partial charge in [-0.3, -0.25) is 9.59 Å². The normalized spacial score (nSPS) is 25.9. The van der Waals surface area contributed by atoms with Crippen LogP contribution < -0.4 is 5.32 Å². The number of fused-ring (bicyclic) bond motifs is 4. The molecule has 0 saturated heterocycles. The maximum absolute atomic E-state index is 14.4. The number of halogens is 1. The molecule has 7 rings (SSSR count). The van der Waals surface area contributed by atoms with Crippen LogP contribution in [-0.2, 0) is 4.79 Å². The fraction of sp³-hybridized carbons (Fsp3) is 0.281. The molecule has 3 saturated carbocycles. The quantitative estimate of drug-likeness (QED) is 0.257. The minimum absolute atomic E-state index is 0.243. The number of pyridine rings is 1. The summed E-state index contributed by atoms with van der Waals surface area (Å²) >= 11 is 3.55. The SMILES string of the molecule is Cc1c(-c2ccccc2)nc2ccc(Br)cc2c1C(=O)NC12CCC(C(=O)O)(CC1)C(O)C2c1ccccc1. The average Bonchev–Trinajstić information content (AvgIpc) is 2.94. The van der Waals surface area contributed by atoms with Gasteiger partial charge in [0.05, 0.1) is 28.3 Å². The van der Waals surface area contributed by atoms with Crippen molar-refractivity contribution in [1.29, 1.82) is 0 Å². The van der Waals surface area contributed by atoms with Crippen LogP contribution in [0.25, 0.3) is 22.2 Å². The Morgan fingerprint density at radius 3 is 2.23 bits per heavy atom. The van der Waals surface area contributed by atoms with Crippen molar-refractivity contribution >= 4 is 38.7 Å². The molecule has 3 N–H and O–H groups in total. The zero-order valence-electron chi connectivity index (χ0n) is 21.5. The van der Waals surface area contributed by atoms with Crippen LogP contribution in [0.4, 0.5) is 0 Å². The lowest BCUT2D eigenvalue weighted by atomic mass is 9.49. The first-order chi connectivity index (χ1) is 18.8. The lowest BCUT2D eigenvalue weighted by Crippen LogP contribution is -2.68. The molecule has 6 nitrogen and oxygen atoms in total. The van der Waals surface area contributed by atoms with Crippen LogP contribution in [0.15, 0.2) is 83.3 Å². The maximum Gasteiger partial charge on any atom is 0.312 e. The third kappa shape index (κ3) is 4.07. The number of carboxylic acids is 1. The number of nitrogens with one attached hydrogen (secondary N) is 1. The summed E-state index contributed by atoms with van der Waals surface area (Å²) in [6, 6.07) is 25.0. The first-order valence-corrected chi connectivity index (χ1v) is 14.0. The molecule has 0 aliphatic heterocycles. The number of carboxylic acid groups (broad SMARTS) is 1. The molecule has 7 heteroatoms. The van der Waals surface area contributed by atoms with Crippen molar-refractivity contribution in [1.82, 2.24) is 10.3 Å². The lowest BCUT2D eigenvalue weighted by molar-refractivity contribution is -0.176. The summed E-state index contributed by atoms with van der Waals surface area (Å²) in [4.78, 5) is 31.7. The molecule has 3 aromatic carbocycles. The lowest BCUT2D eigenvalue weighted by Gasteiger charge is -2.59. The number of carbonyl (C=O) groups is 2. The molecule has 1 amide bonds. The average molecular weight is 585 g/mol. The van der Waals surface area contributed by atoms with Gasteiger partial charge in [0.2, 0.25) is 0 Å². The van der Waals surface area contributed by atoms with Crippen LogP contribution in [0.2, 0.25) is 0 Å². The highest BCUT2D eigenvalue weighted by atomic mass is 79.9. The minimum atomic E-state index is -1.21. The van der Waals surface area contributed by atoms with Crippen LogP contribution in [0.3, 0.4) is 0 Å². The van der Waals surface area contributed by atoms with E-state index in [0.29, 0.717) is 36.8 Å². The van der Waals surface area contributed by atoms with E-state index in [2.05, 4.69) is 21.2 Å². The van der Waals surface area contributed by atoms with E-state index in [9.17, 15) is 19.8 Å². The summed E-state index contributed by atoms with van der Waals surface area (Å²) < 4.78 is 0.843. The van der Waals surface area contributed by atoms with Crippen LogP contribution in [0.1, 0.15) is 53.1 Å². The highest BCUT2D eigenvalue weighted by Crippen LogP contribution is 2.59. The van der Waals surface area contributed by atoms with Gasteiger partial charge in [0.15, 0.2) is 0 Å². The molecule has 2 bridgehead atoms. The van der Waals surface area contributed by atoms with Gasteiger partial charge in [-0.2, -0.15) is 0 Å². The van der Waals surface area contributed by atoms with Crippen molar-refractivity contribution in [3.8, 4) is 11.3 Å². The summed E-state index contributed by atoms with van der Waals surface area (Å²) in [7, 11) is 0. The highest BCUT2D eigenvalue weighted by molar-refractivity contribution is 9.10. The molecule has 0 spiro atoms.